The molecule has 0 unspecified atom stereocenters. The standard InChI is InChI=1S/C31H26FN5O/c32-26-13-7-8-22(18-26)19-37-20-27(35-36-37)21-38-28-16-14-25(15-17-28)31-33-29(23-9-3-1-4-10-23)30(34-31)24-11-5-2-6-12-24/h1-18,20,35-36H,19,21H2,(H,33,34). The van der Waals surface area contributed by atoms with Gasteiger partial charge < -0.3 is 15.1 Å². The average molecular weight is 504 g/mol. The van der Waals surface area contributed by atoms with E-state index in [-0.39, 0.29) is 5.82 Å². The summed E-state index contributed by atoms with van der Waals surface area (Å²) in [6, 6.07) is 34.9. The van der Waals surface area contributed by atoms with Gasteiger partial charge in [-0.2, -0.15) is 0 Å². The van der Waals surface area contributed by atoms with Crippen LogP contribution >= 0.6 is 0 Å². The monoisotopic (exact) mass is 503 g/mol. The largest absolute Gasteiger partial charge is 0.487 e. The molecule has 0 fully saturated rings. The Morgan fingerprint density at radius 2 is 1.50 bits per heavy atom. The second-order valence-electron chi connectivity index (χ2n) is 9.00. The molecule has 7 heteroatoms. The highest BCUT2D eigenvalue weighted by Crippen LogP contribution is 2.33. The first-order valence-electron chi connectivity index (χ1n) is 12.4. The first kappa shape index (κ1) is 23.5. The number of nitrogens with zero attached hydrogens (tertiary/aromatic N) is 2. The minimum Gasteiger partial charge on any atom is -0.487 e. The summed E-state index contributed by atoms with van der Waals surface area (Å²) in [5.41, 5.74) is 12.9. The zero-order valence-corrected chi connectivity index (χ0v) is 20.6. The predicted molar refractivity (Wildman–Crippen MR) is 147 cm³/mol. The van der Waals surface area contributed by atoms with Crippen molar-refractivity contribution in [3.05, 3.63) is 132 Å². The predicted octanol–water partition coefficient (Wildman–Crippen LogP) is 6.30. The SMILES string of the molecule is Fc1cccc(CN2C=C(COc3ccc(-c4nc(-c5ccccc5)c(-c5ccccc5)[nH]4)cc3)NN2)c1. The Hall–Kier alpha value is -4.88. The van der Waals surface area contributed by atoms with Crippen LogP contribution in [0.2, 0.25) is 0 Å². The number of hydrogen-bond acceptors (Lipinski definition) is 5. The minimum absolute atomic E-state index is 0.243. The third kappa shape index (κ3) is 5.28. The Balaban J connectivity index is 1.15. The lowest BCUT2D eigenvalue weighted by Crippen LogP contribution is -2.36. The van der Waals surface area contributed by atoms with Crippen molar-refractivity contribution >= 4 is 0 Å². The van der Waals surface area contributed by atoms with Gasteiger partial charge in [0.25, 0.3) is 0 Å². The molecule has 0 saturated heterocycles. The summed E-state index contributed by atoms with van der Waals surface area (Å²) < 4.78 is 19.4. The van der Waals surface area contributed by atoms with Crippen molar-refractivity contribution in [2.45, 2.75) is 6.54 Å². The molecular formula is C31H26FN5O. The average Bonchev–Trinajstić information content (AvgIpc) is 3.61. The van der Waals surface area contributed by atoms with E-state index in [9.17, 15) is 4.39 Å². The summed E-state index contributed by atoms with van der Waals surface area (Å²) in [5, 5.41) is 1.85. The van der Waals surface area contributed by atoms with E-state index in [0.717, 1.165) is 50.9 Å². The second-order valence-corrected chi connectivity index (χ2v) is 9.00. The Morgan fingerprint density at radius 3 is 2.24 bits per heavy atom. The number of rotatable bonds is 8. The van der Waals surface area contributed by atoms with Crippen molar-refractivity contribution in [3.63, 3.8) is 0 Å². The zero-order chi connectivity index (χ0) is 25.7. The number of imidazole rings is 1. The van der Waals surface area contributed by atoms with Crippen LogP contribution in [0.3, 0.4) is 0 Å². The first-order chi connectivity index (χ1) is 18.7. The van der Waals surface area contributed by atoms with Crippen LogP contribution < -0.4 is 15.7 Å². The van der Waals surface area contributed by atoms with Gasteiger partial charge in [0.05, 0.1) is 23.6 Å². The van der Waals surface area contributed by atoms with Crippen LogP contribution in [0.15, 0.2) is 121 Å². The third-order valence-corrected chi connectivity index (χ3v) is 6.25. The number of aromatic amines is 1. The van der Waals surface area contributed by atoms with Gasteiger partial charge >= 0.3 is 0 Å². The second kappa shape index (κ2) is 10.6. The molecule has 6 nitrogen and oxygen atoms in total. The van der Waals surface area contributed by atoms with Gasteiger partial charge in [-0.1, -0.05) is 72.8 Å². The van der Waals surface area contributed by atoms with Crippen molar-refractivity contribution < 1.29 is 9.13 Å². The number of ether oxygens (including phenoxy) is 1. The van der Waals surface area contributed by atoms with Crippen LogP contribution in [0.25, 0.3) is 33.9 Å². The smallest absolute Gasteiger partial charge is 0.138 e. The minimum atomic E-state index is -0.243. The number of nitrogens with one attached hydrogen (secondary N) is 3. The molecule has 0 atom stereocenters. The Morgan fingerprint density at radius 1 is 0.763 bits per heavy atom. The summed E-state index contributed by atoms with van der Waals surface area (Å²) in [4.78, 5) is 8.49. The number of halogens is 1. The molecule has 0 spiro atoms. The summed E-state index contributed by atoms with van der Waals surface area (Å²) in [6.45, 7) is 0.894. The van der Waals surface area contributed by atoms with Crippen molar-refractivity contribution in [1.82, 2.24) is 25.9 Å². The number of hydrogen-bond donors (Lipinski definition) is 3. The molecule has 0 aliphatic carbocycles. The highest BCUT2D eigenvalue weighted by atomic mass is 19.1. The molecule has 6 rings (SSSR count). The fraction of sp³-hybridized carbons (Fsp3) is 0.0645. The molecule has 5 aromatic rings. The van der Waals surface area contributed by atoms with Gasteiger partial charge in [0.15, 0.2) is 0 Å². The van der Waals surface area contributed by atoms with Crippen molar-refractivity contribution in [3.8, 4) is 39.7 Å². The van der Waals surface area contributed by atoms with Crippen molar-refractivity contribution in [2.24, 2.45) is 0 Å². The molecule has 0 bridgehead atoms. The summed E-state index contributed by atoms with van der Waals surface area (Å²) in [7, 11) is 0. The molecule has 0 saturated carbocycles. The molecule has 0 amide bonds. The Bertz CT molecular complexity index is 1490. The van der Waals surface area contributed by atoms with Gasteiger partial charge in [-0.25, -0.2) is 9.37 Å². The van der Waals surface area contributed by atoms with Gasteiger partial charge in [0.2, 0.25) is 0 Å². The van der Waals surface area contributed by atoms with Crippen LogP contribution in [-0.2, 0) is 6.54 Å². The van der Waals surface area contributed by atoms with E-state index in [1.807, 2.05) is 77.9 Å². The normalized spacial score (nSPS) is 12.8. The van der Waals surface area contributed by atoms with E-state index >= 15 is 0 Å². The lowest BCUT2D eigenvalue weighted by atomic mass is 10.1. The summed E-state index contributed by atoms with van der Waals surface area (Å²) in [5.74, 6) is 1.30. The number of H-pyrrole nitrogens is 1. The molecule has 1 aromatic heterocycles. The molecule has 38 heavy (non-hydrogen) atoms. The number of benzene rings is 4. The lowest BCUT2D eigenvalue weighted by Gasteiger charge is -2.14. The van der Waals surface area contributed by atoms with E-state index in [4.69, 9.17) is 9.72 Å². The third-order valence-electron chi connectivity index (χ3n) is 6.25. The molecule has 0 radical (unpaired) electrons. The molecule has 3 N–H and O–H groups in total. The fourth-order valence-electron chi connectivity index (χ4n) is 4.39. The van der Waals surface area contributed by atoms with E-state index < -0.39 is 0 Å². The fourth-order valence-corrected chi connectivity index (χ4v) is 4.39. The molecule has 1 aliphatic rings. The Kier molecular flexibility index (Phi) is 6.57. The van der Waals surface area contributed by atoms with Crippen LogP contribution in [-0.4, -0.2) is 21.6 Å². The maximum Gasteiger partial charge on any atom is 0.138 e. The van der Waals surface area contributed by atoms with E-state index in [1.54, 1.807) is 6.07 Å². The molecular weight excluding hydrogens is 477 g/mol. The van der Waals surface area contributed by atoms with Crippen molar-refractivity contribution in [1.29, 1.82) is 0 Å². The van der Waals surface area contributed by atoms with Gasteiger partial charge in [0.1, 0.15) is 24.0 Å². The van der Waals surface area contributed by atoms with Crippen LogP contribution in [0.5, 0.6) is 5.75 Å². The number of hydrazine groups is 2. The van der Waals surface area contributed by atoms with Gasteiger partial charge in [0, 0.05) is 22.9 Å². The zero-order valence-electron chi connectivity index (χ0n) is 20.6. The van der Waals surface area contributed by atoms with Crippen LogP contribution in [0.4, 0.5) is 4.39 Å². The van der Waals surface area contributed by atoms with Gasteiger partial charge in [-0.05, 0) is 42.0 Å². The summed E-state index contributed by atoms with van der Waals surface area (Å²) in [6.07, 6.45) is 1.92. The van der Waals surface area contributed by atoms with E-state index in [2.05, 4.69) is 40.2 Å². The topological polar surface area (TPSA) is 65.2 Å². The lowest BCUT2D eigenvalue weighted by molar-refractivity contribution is 0.259. The molecule has 2 heterocycles. The first-order valence-corrected chi connectivity index (χ1v) is 12.4. The van der Waals surface area contributed by atoms with Crippen LogP contribution in [0, 0.1) is 5.82 Å². The molecule has 188 valence electrons. The Labute approximate surface area is 220 Å². The van der Waals surface area contributed by atoms with Gasteiger partial charge in [-0.3, -0.25) is 5.01 Å². The van der Waals surface area contributed by atoms with E-state index in [0.29, 0.717) is 13.2 Å². The van der Waals surface area contributed by atoms with E-state index in [1.165, 1.54) is 12.1 Å². The summed E-state index contributed by atoms with van der Waals surface area (Å²) >= 11 is 0. The maximum absolute atomic E-state index is 13.4. The van der Waals surface area contributed by atoms with Crippen LogP contribution in [0.1, 0.15) is 5.56 Å². The quantitative estimate of drug-likeness (QED) is 0.232. The number of aromatic nitrogens is 2. The highest BCUT2D eigenvalue weighted by molar-refractivity contribution is 5.81. The molecule has 4 aromatic carbocycles. The van der Waals surface area contributed by atoms with Gasteiger partial charge in [-0.15, -0.1) is 5.53 Å². The maximum atomic E-state index is 13.4. The highest BCUT2D eigenvalue weighted by Gasteiger charge is 2.16. The van der Waals surface area contributed by atoms with Crippen molar-refractivity contribution in [2.75, 3.05) is 6.61 Å². The molecule has 1 aliphatic heterocycles.